The van der Waals surface area contributed by atoms with Crippen LogP contribution in [0.25, 0.3) is 0 Å². The molecule has 0 atom stereocenters. The van der Waals surface area contributed by atoms with Crippen molar-refractivity contribution in [2.75, 3.05) is 26.3 Å². The maximum atomic E-state index is 5.01. The molecule has 1 aliphatic heterocycles. The molecule has 0 aromatic heterocycles. The Morgan fingerprint density at radius 3 is 1.50 bits per heavy atom. The Balaban J connectivity index is -0.000000114. The minimum atomic E-state index is 0. The number of hydrogen-bond donors (Lipinski definition) is 3. The van der Waals surface area contributed by atoms with Crippen LogP contribution in [0.1, 0.15) is 0 Å². The predicted molar refractivity (Wildman–Crippen MR) is 45.0 cm³/mol. The van der Waals surface area contributed by atoms with Gasteiger partial charge in [0.1, 0.15) is 0 Å². The lowest BCUT2D eigenvalue weighted by molar-refractivity contribution is 0.109. The van der Waals surface area contributed by atoms with E-state index in [9.17, 15) is 0 Å². The molecule has 0 aromatic carbocycles. The second-order valence-corrected chi connectivity index (χ2v) is 1.36. The van der Waals surface area contributed by atoms with E-state index in [1.54, 1.807) is 0 Å². The molecule has 1 fully saturated rings. The van der Waals surface area contributed by atoms with Crippen molar-refractivity contribution in [1.82, 2.24) is 17.6 Å². The van der Waals surface area contributed by atoms with Crippen molar-refractivity contribution in [2.24, 2.45) is 0 Å². The third-order valence-electron chi connectivity index (χ3n) is 0.846. The molecule has 1 heterocycles. The lowest BCUT2D eigenvalue weighted by Gasteiger charge is -2.10. The van der Waals surface area contributed by atoms with Crippen LogP contribution in [0.4, 0.5) is 0 Å². The molecule has 1 rings (SSSR count). The average molecular weight is 149 g/mol. The first kappa shape index (κ1) is 16.3. The third-order valence-corrected chi connectivity index (χ3v) is 0.846. The van der Waals surface area contributed by atoms with Crippen molar-refractivity contribution in [3.8, 4) is 0 Å². The summed E-state index contributed by atoms with van der Waals surface area (Å²) in [4.78, 5) is 0. The molecular weight excluding hydrogens is 130 g/mol. The van der Waals surface area contributed by atoms with Gasteiger partial charge in [0.2, 0.25) is 0 Å². The van der Waals surface area contributed by atoms with Crippen LogP contribution in [0.2, 0.25) is 0 Å². The van der Waals surface area contributed by atoms with Gasteiger partial charge in [-0.05, 0) is 0 Å². The highest BCUT2D eigenvalue weighted by molar-refractivity contribution is 4.49. The van der Waals surface area contributed by atoms with Gasteiger partial charge in [-0.1, -0.05) is 0 Å². The standard InChI is InChI=1S/C4H9NO.C2H4.2H3N/c1-3-6-4-2-5-1;1-2;;/h5H,1-4H2;1-2H2;2*1H3. The van der Waals surface area contributed by atoms with E-state index in [1.807, 2.05) is 0 Å². The Morgan fingerprint density at radius 1 is 1.00 bits per heavy atom. The molecule has 0 aromatic rings. The van der Waals surface area contributed by atoms with E-state index in [0.29, 0.717) is 0 Å². The fourth-order valence-corrected chi connectivity index (χ4v) is 0.516. The molecule has 10 heavy (non-hydrogen) atoms. The molecule has 0 spiro atoms. The summed E-state index contributed by atoms with van der Waals surface area (Å²) in [5.41, 5.74) is 0. The van der Waals surface area contributed by atoms with Gasteiger partial charge in [0.15, 0.2) is 0 Å². The third kappa shape index (κ3) is 10.5. The number of hydrogen-bond acceptors (Lipinski definition) is 4. The van der Waals surface area contributed by atoms with Crippen molar-refractivity contribution in [1.29, 1.82) is 0 Å². The van der Waals surface area contributed by atoms with E-state index in [0.717, 1.165) is 26.3 Å². The SMILES string of the molecule is C1COCCN1.C=C.N.N. The van der Waals surface area contributed by atoms with Crippen LogP contribution in [0.15, 0.2) is 13.2 Å². The monoisotopic (exact) mass is 149 g/mol. The van der Waals surface area contributed by atoms with Crippen LogP contribution in [0, 0.1) is 0 Å². The zero-order chi connectivity index (χ0) is 6.24. The van der Waals surface area contributed by atoms with Crippen LogP contribution in [-0.4, -0.2) is 26.3 Å². The van der Waals surface area contributed by atoms with Gasteiger partial charge in [-0.3, -0.25) is 0 Å². The predicted octanol–water partition coefficient (Wildman–Crippen LogP) is 0.732. The zero-order valence-electron chi connectivity index (χ0n) is 6.57. The van der Waals surface area contributed by atoms with Gasteiger partial charge >= 0.3 is 0 Å². The highest BCUT2D eigenvalue weighted by atomic mass is 16.5. The lowest BCUT2D eigenvalue weighted by atomic mass is 10.5. The molecule has 4 nitrogen and oxygen atoms in total. The Bertz CT molecular complexity index is 36.7. The fraction of sp³-hybridized carbons (Fsp3) is 0.667. The van der Waals surface area contributed by atoms with Gasteiger partial charge in [0.25, 0.3) is 0 Å². The largest absolute Gasteiger partial charge is 0.379 e. The number of rotatable bonds is 0. The molecular formula is C6H19N3O. The van der Waals surface area contributed by atoms with Crippen molar-refractivity contribution in [2.45, 2.75) is 0 Å². The molecule has 0 aliphatic carbocycles. The Labute approximate surface area is 62.8 Å². The van der Waals surface area contributed by atoms with Gasteiger partial charge in [-0.25, -0.2) is 0 Å². The molecule has 1 saturated heterocycles. The molecule has 0 unspecified atom stereocenters. The van der Waals surface area contributed by atoms with E-state index < -0.39 is 0 Å². The van der Waals surface area contributed by atoms with Crippen LogP contribution in [0.3, 0.4) is 0 Å². The van der Waals surface area contributed by atoms with Crippen molar-refractivity contribution in [3.05, 3.63) is 13.2 Å². The van der Waals surface area contributed by atoms with Crippen LogP contribution in [-0.2, 0) is 4.74 Å². The molecule has 0 saturated carbocycles. The van der Waals surface area contributed by atoms with Gasteiger partial charge in [-0.2, -0.15) is 0 Å². The summed E-state index contributed by atoms with van der Waals surface area (Å²) >= 11 is 0. The number of ether oxygens (including phenoxy) is 1. The minimum Gasteiger partial charge on any atom is -0.379 e. The summed E-state index contributed by atoms with van der Waals surface area (Å²) in [5, 5.41) is 3.16. The molecule has 0 radical (unpaired) electrons. The second-order valence-electron chi connectivity index (χ2n) is 1.36. The summed E-state index contributed by atoms with van der Waals surface area (Å²) < 4.78 is 5.01. The van der Waals surface area contributed by atoms with Crippen LogP contribution >= 0.6 is 0 Å². The van der Waals surface area contributed by atoms with E-state index in [2.05, 4.69) is 18.5 Å². The topological polar surface area (TPSA) is 91.3 Å². The highest BCUT2D eigenvalue weighted by Crippen LogP contribution is 1.76. The minimum absolute atomic E-state index is 0. The zero-order valence-corrected chi connectivity index (χ0v) is 6.57. The van der Waals surface area contributed by atoms with Crippen molar-refractivity contribution < 1.29 is 4.74 Å². The first-order valence-electron chi connectivity index (χ1n) is 2.78. The summed E-state index contributed by atoms with van der Waals surface area (Å²) in [7, 11) is 0. The van der Waals surface area contributed by atoms with E-state index in [-0.39, 0.29) is 12.3 Å². The second kappa shape index (κ2) is 15.8. The lowest BCUT2D eigenvalue weighted by Crippen LogP contribution is -2.30. The van der Waals surface area contributed by atoms with E-state index in [1.165, 1.54) is 0 Å². The molecule has 0 bridgehead atoms. The molecule has 7 N–H and O–H groups in total. The van der Waals surface area contributed by atoms with Crippen molar-refractivity contribution >= 4 is 0 Å². The first-order valence-corrected chi connectivity index (χ1v) is 2.78. The van der Waals surface area contributed by atoms with Crippen molar-refractivity contribution in [3.63, 3.8) is 0 Å². The van der Waals surface area contributed by atoms with Gasteiger partial charge in [-0.15, -0.1) is 13.2 Å². The first-order chi connectivity index (χ1) is 4.00. The fourth-order valence-electron chi connectivity index (χ4n) is 0.516. The smallest absolute Gasteiger partial charge is 0.0591 e. The quantitative estimate of drug-likeness (QED) is 0.443. The van der Waals surface area contributed by atoms with E-state index >= 15 is 0 Å². The van der Waals surface area contributed by atoms with Crippen LogP contribution in [0.5, 0.6) is 0 Å². The van der Waals surface area contributed by atoms with E-state index in [4.69, 9.17) is 4.74 Å². The Morgan fingerprint density at radius 2 is 1.40 bits per heavy atom. The molecule has 1 aliphatic rings. The van der Waals surface area contributed by atoms with Gasteiger partial charge in [0, 0.05) is 13.1 Å². The normalized spacial score (nSPS) is 14.8. The highest BCUT2D eigenvalue weighted by Gasteiger charge is 1.92. The Hall–Kier alpha value is -0.420. The molecule has 64 valence electrons. The van der Waals surface area contributed by atoms with Gasteiger partial charge in [0.05, 0.1) is 13.2 Å². The number of nitrogens with one attached hydrogen (secondary N) is 1. The number of morpholine rings is 1. The van der Waals surface area contributed by atoms with Crippen LogP contribution < -0.4 is 17.6 Å². The molecule has 4 heteroatoms. The average Bonchev–Trinajstić information content (AvgIpc) is 1.96. The maximum absolute atomic E-state index is 5.01. The summed E-state index contributed by atoms with van der Waals surface area (Å²) in [6.07, 6.45) is 0. The Kier molecular flexibility index (Phi) is 25.8. The van der Waals surface area contributed by atoms with Gasteiger partial charge < -0.3 is 22.4 Å². The molecule has 0 amide bonds. The maximum Gasteiger partial charge on any atom is 0.0591 e. The summed E-state index contributed by atoms with van der Waals surface area (Å²) in [5.74, 6) is 0. The summed E-state index contributed by atoms with van der Waals surface area (Å²) in [6.45, 7) is 9.83. The summed E-state index contributed by atoms with van der Waals surface area (Å²) in [6, 6.07) is 0.